The summed E-state index contributed by atoms with van der Waals surface area (Å²) in [5.41, 5.74) is 3.40. The Morgan fingerprint density at radius 1 is 1.34 bits per heavy atom. The van der Waals surface area contributed by atoms with Gasteiger partial charge in [0.15, 0.2) is 21.9 Å². The molecule has 0 bridgehead atoms. The number of benzene rings is 1. The number of rotatable bonds is 8. The van der Waals surface area contributed by atoms with E-state index in [2.05, 4.69) is 5.43 Å². The molecule has 168 valence electrons. The van der Waals surface area contributed by atoms with Crippen LogP contribution in [-0.2, 0) is 9.59 Å². The van der Waals surface area contributed by atoms with Gasteiger partial charge in [-0.05, 0) is 55.4 Å². The second kappa shape index (κ2) is 9.88. The first-order valence-corrected chi connectivity index (χ1v) is 10.7. The van der Waals surface area contributed by atoms with Crippen LogP contribution in [0.25, 0.3) is 6.08 Å². The zero-order chi connectivity index (χ0) is 23.4. The molecule has 32 heavy (non-hydrogen) atoms. The number of hydrogen-bond donors (Lipinski definition) is 2. The van der Waals surface area contributed by atoms with Gasteiger partial charge < -0.3 is 19.0 Å². The monoisotopic (exact) mass is 476 g/mol. The lowest BCUT2D eigenvalue weighted by molar-refractivity contribution is -0.145. The number of aryl methyl sites for hydroxylation is 1. The van der Waals surface area contributed by atoms with E-state index in [1.54, 1.807) is 38.1 Å². The number of carbonyl (C=O) groups is 3. The van der Waals surface area contributed by atoms with Crippen molar-refractivity contribution < 1.29 is 33.4 Å². The lowest BCUT2D eigenvalue weighted by atomic mass is 10.1. The number of hydrogen-bond acceptors (Lipinski definition) is 8. The zero-order valence-corrected chi connectivity index (χ0v) is 19.0. The Morgan fingerprint density at radius 2 is 2.09 bits per heavy atom. The van der Waals surface area contributed by atoms with E-state index in [0.717, 1.165) is 16.8 Å². The van der Waals surface area contributed by atoms with Crippen molar-refractivity contribution in [2.24, 2.45) is 0 Å². The van der Waals surface area contributed by atoms with E-state index in [9.17, 15) is 19.5 Å². The molecule has 0 radical (unpaired) electrons. The first-order chi connectivity index (χ1) is 15.2. The highest BCUT2D eigenvalue weighted by Crippen LogP contribution is 2.34. The summed E-state index contributed by atoms with van der Waals surface area (Å²) < 4.78 is 16.1. The Hall–Kier alpha value is -3.31. The normalized spacial score (nSPS) is 15.7. The molecule has 2 amide bonds. The number of nitrogens with zero attached hydrogens (tertiary/aromatic N) is 1. The topological polar surface area (TPSA) is 118 Å². The third kappa shape index (κ3) is 4.94. The average Bonchev–Trinajstić information content (AvgIpc) is 3.30. The van der Waals surface area contributed by atoms with E-state index < -0.39 is 23.9 Å². The van der Waals surface area contributed by atoms with Crippen molar-refractivity contribution in [2.45, 2.75) is 26.4 Å². The first-order valence-electron chi connectivity index (χ1n) is 9.45. The van der Waals surface area contributed by atoms with E-state index in [1.165, 1.54) is 19.4 Å². The Balaban J connectivity index is 1.78. The van der Waals surface area contributed by atoms with Crippen molar-refractivity contribution in [1.82, 2.24) is 10.4 Å². The van der Waals surface area contributed by atoms with Crippen LogP contribution in [0.15, 0.2) is 39.9 Å². The largest absolute Gasteiger partial charge is 0.493 e. The summed E-state index contributed by atoms with van der Waals surface area (Å²) in [6, 6.07) is 6.35. The number of thioether (sulfide) groups is 1. The fraction of sp³-hybridized carbons (Fsp3) is 0.238. The van der Waals surface area contributed by atoms with Gasteiger partial charge in [0.25, 0.3) is 11.8 Å². The van der Waals surface area contributed by atoms with Gasteiger partial charge in [0.2, 0.25) is 0 Å². The number of carboxylic acid groups (broad SMARTS) is 1. The van der Waals surface area contributed by atoms with E-state index in [4.69, 9.17) is 26.1 Å². The lowest BCUT2D eigenvalue weighted by Gasteiger charge is -2.16. The number of nitrogens with one attached hydrogen (secondary N) is 1. The quantitative estimate of drug-likeness (QED) is 0.436. The van der Waals surface area contributed by atoms with E-state index in [0.29, 0.717) is 27.5 Å². The third-order valence-corrected chi connectivity index (χ3v) is 5.81. The van der Waals surface area contributed by atoms with Gasteiger partial charge in [0.05, 0.1) is 23.8 Å². The second-order valence-corrected chi connectivity index (χ2v) is 8.29. The van der Waals surface area contributed by atoms with Gasteiger partial charge in [-0.15, -0.1) is 0 Å². The van der Waals surface area contributed by atoms with Crippen molar-refractivity contribution in [3.05, 3.63) is 52.3 Å². The molecule has 1 aromatic heterocycles. The van der Waals surface area contributed by atoms with E-state index in [1.807, 2.05) is 0 Å². The summed E-state index contributed by atoms with van der Waals surface area (Å²) in [5, 5.41) is 10.2. The molecule has 0 saturated carbocycles. The van der Waals surface area contributed by atoms with Crippen molar-refractivity contribution in [2.75, 3.05) is 7.11 Å². The summed E-state index contributed by atoms with van der Waals surface area (Å²) in [7, 11) is 1.43. The van der Waals surface area contributed by atoms with Crippen molar-refractivity contribution in [3.8, 4) is 11.5 Å². The molecule has 1 saturated heterocycles. The van der Waals surface area contributed by atoms with Crippen LogP contribution in [0.1, 0.15) is 35.0 Å². The molecule has 2 aromatic rings. The summed E-state index contributed by atoms with van der Waals surface area (Å²) in [5.74, 6) is -1.06. The summed E-state index contributed by atoms with van der Waals surface area (Å²) in [6.07, 6.45) is 2.25. The van der Waals surface area contributed by atoms with Crippen LogP contribution in [0.4, 0.5) is 0 Å². The molecule has 1 aliphatic heterocycles. The molecular formula is C21H20N2O7S2. The number of aliphatic carboxylic acids is 1. The van der Waals surface area contributed by atoms with Gasteiger partial charge in [-0.1, -0.05) is 24.8 Å². The standard InChI is InChI=1S/C21H20N2O7S2/c1-4-14(20(26)27)30-15-6-5-12(9-16(15)28-3)10-17-19(25)23(21(31)32-17)22-18(24)13-7-8-29-11(13)2/h5-10,14H,4H2,1-3H3,(H,22,24)(H,26,27)/b17-10+. The molecule has 1 fully saturated rings. The third-order valence-electron chi connectivity index (χ3n) is 4.51. The molecule has 0 aliphatic carbocycles. The van der Waals surface area contributed by atoms with Crippen molar-refractivity contribution >= 4 is 52.2 Å². The first kappa shape index (κ1) is 23.4. The van der Waals surface area contributed by atoms with Gasteiger partial charge in [-0.2, -0.15) is 5.01 Å². The highest BCUT2D eigenvalue weighted by molar-refractivity contribution is 8.26. The maximum Gasteiger partial charge on any atom is 0.344 e. The summed E-state index contributed by atoms with van der Waals surface area (Å²) >= 11 is 6.27. The highest BCUT2D eigenvalue weighted by Gasteiger charge is 2.34. The summed E-state index contributed by atoms with van der Waals surface area (Å²) in [6.45, 7) is 3.34. The van der Waals surface area contributed by atoms with E-state index >= 15 is 0 Å². The molecule has 1 aromatic carbocycles. The van der Waals surface area contributed by atoms with Crippen LogP contribution in [-0.4, -0.2) is 45.4 Å². The predicted octanol–water partition coefficient (Wildman–Crippen LogP) is 3.38. The minimum Gasteiger partial charge on any atom is -0.493 e. The number of thiocarbonyl (C=S) groups is 1. The molecule has 11 heteroatoms. The average molecular weight is 477 g/mol. The van der Waals surface area contributed by atoms with Gasteiger partial charge >= 0.3 is 5.97 Å². The van der Waals surface area contributed by atoms with Crippen LogP contribution < -0.4 is 14.9 Å². The summed E-state index contributed by atoms with van der Waals surface area (Å²) in [4.78, 5) is 36.7. The molecule has 1 atom stereocenters. The number of amides is 2. The Labute approximate surface area is 193 Å². The number of furan rings is 1. The second-order valence-electron chi connectivity index (χ2n) is 6.61. The van der Waals surface area contributed by atoms with Crippen LogP contribution in [0.5, 0.6) is 11.5 Å². The van der Waals surface area contributed by atoms with Gasteiger partial charge in [0, 0.05) is 0 Å². The smallest absolute Gasteiger partial charge is 0.344 e. The number of carbonyl (C=O) groups excluding carboxylic acids is 2. The van der Waals surface area contributed by atoms with Crippen LogP contribution >= 0.6 is 24.0 Å². The fourth-order valence-electron chi connectivity index (χ4n) is 2.83. The number of methoxy groups -OCH3 is 1. The number of ether oxygens (including phenoxy) is 2. The van der Waals surface area contributed by atoms with E-state index in [-0.39, 0.29) is 16.5 Å². The predicted molar refractivity (Wildman–Crippen MR) is 121 cm³/mol. The SMILES string of the molecule is CCC(Oc1ccc(/C=C2/SC(=S)N(NC(=O)c3ccoc3C)C2=O)cc1OC)C(=O)O. The number of carboxylic acids is 1. The highest BCUT2D eigenvalue weighted by atomic mass is 32.2. The van der Waals surface area contributed by atoms with Crippen LogP contribution in [0, 0.1) is 6.92 Å². The maximum absolute atomic E-state index is 12.8. The van der Waals surface area contributed by atoms with Crippen molar-refractivity contribution in [3.63, 3.8) is 0 Å². The lowest BCUT2D eigenvalue weighted by Crippen LogP contribution is -2.44. The van der Waals surface area contributed by atoms with Crippen molar-refractivity contribution in [1.29, 1.82) is 0 Å². The Bertz CT molecular complexity index is 1110. The molecule has 2 N–H and O–H groups in total. The Morgan fingerprint density at radius 3 is 2.69 bits per heavy atom. The maximum atomic E-state index is 12.8. The Kier molecular flexibility index (Phi) is 7.21. The molecule has 9 nitrogen and oxygen atoms in total. The minimum absolute atomic E-state index is 0.176. The molecule has 1 aliphatic rings. The zero-order valence-electron chi connectivity index (χ0n) is 17.4. The molecular weight excluding hydrogens is 456 g/mol. The molecule has 3 rings (SSSR count). The van der Waals surface area contributed by atoms with Crippen LogP contribution in [0.3, 0.4) is 0 Å². The molecule has 2 heterocycles. The van der Waals surface area contributed by atoms with Gasteiger partial charge in [-0.25, -0.2) is 4.79 Å². The fourth-order valence-corrected chi connectivity index (χ4v) is 4.01. The van der Waals surface area contributed by atoms with Gasteiger partial charge in [-0.3, -0.25) is 15.0 Å². The molecule has 0 spiro atoms. The van der Waals surface area contributed by atoms with Gasteiger partial charge in [0.1, 0.15) is 5.76 Å². The molecule has 1 unspecified atom stereocenters. The van der Waals surface area contributed by atoms with Crippen LogP contribution in [0.2, 0.25) is 0 Å². The minimum atomic E-state index is -1.07. The number of hydrazine groups is 1.